The Labute approximate surface area is 117 Å². The van der Waals surface area contributed by atoms with Crippen molar-refractivity contribution >= 4 is 17.2 Å². The summed E-state index contributed by atoms with van der Waals surface area (Å²) in [5.74, 6) is 0. The molecule has 1 heterocycles. The topological polar surface area (TPSA) is 48.0 Å². The Kier molecular flexibility index (Phi) is 4.12. The number of nitrogens with zero attached hydrogens (tertiary/aromatic N) is 1. The molecule has 0 fully saturated rings. The van der Waals surface area contributed by atoms with Crippen LogP contribution in [0.3, 0.4) is 0 Å². The molecule has 0 bridgehead atoms. The fourth-order valence-corrected chi connectivity index (χ4v) is 2.18. The predicted molar refractivity (Wildman–Crippen MR) is 81.5 cm³/mol. The van der Waals surface area contributed by atoms with Gasteiger partial charge in [0, 0.05) is 12.2 Å². The van der Waals surface area contributed by atoms with Gasteiger partial charge in [-0.25, -0.2) is 0 Å². The Morgan fingerprint density at radius 1 is 1.21 bits per heavy atom. The molecule has 0 unspecified atom stereocenters. The number of hydrogen-bond donors (Lipinski definition) is 1. The van der Waals surface area contributed by atoms with Crippen LogP contribution in [0.25, 0.3) is 0 Å². The molecule has 1 aromatic heterocycles. The van der Waals surface area contributed by atoms with Crippen LogP contribution in [0.2, 0.25) is 0 Å². The van der Waals surface area contributed by atoms with E-state index in [-0.39, 0.29) is 10.5 Å². The highest BCUT2D eigenvalue weighted by molar-refractivity contribution is 7.80. The van der Waals surface area contributed by atoms with Crippen LogP contribution >= 0.6 is 12.2 Å². The van der Waals surface area contributed by atoms with Gasteiger partial charge in [-0.05, 0) is 31.0 Å². The zero-order chi connectivity index (χ0) is 13.8. The van der Waals surface area contributed by atoms with Gasteiger partial charge in [0.1, 0.15) is 4.99 Å². The molecule has 19 heavy (non-hydrogen) atoms. The molecule has 3 nitrogen and oxygen atoms in total. The predicted octanol–water partition coefficient (Wildman–Crippen LogP) is 2.03. The van der Waals surface area contributed by atoms with E-state index in [0.29, 0.717) is 12.1 Å². The van der Waals surface area contributed by atoms with Crippen molar-refractivity contribution in [3.8, 4) is 0 Å². The summed E-state index contributed by atoms with van der Waals surface area (Å²) in [6.07, 6.45) is 0.808. The van der Waals surface area contributed by atoms with Crippen LogP contribution in [0.4, 0.5) is 0 Å². The number of aromatic nitrogens is 1. The smallest absolute Gasteiger partial charge is 0.260 e. The van der Waals surface area contributed by atoms with Crippen molar-refractivity contribution in [3.63, 3.8) is 0 Å². The Hall–Kier alpha value is -1.94. The molecule has 0 aliphatic rings. The average molecular weight is 272 g/mol. The van der Waals surface area contributed by atoms with E-state index in [4.69, 9.17) is 18.0 Å². The lowest BCUT2D eigenvalue weighted by Gasteiger charge is -2.11. The molecule has 4 heteroatoms. The molecule has 98 valence electrons. The minimum absolute atomic E-state index is 0.108. The Balaban J connectivity index is 2.28. The van der Waals surface area contributed by atoms with Crippen LogP contribution in [0, 0.1) is 6.92 Å². The molecule has 0 saturated heterocycles. The summed E-state index contributed by atoms with van der Waals surface area (Å²) in [6.45, 7) is 2.54. The number of rotatable bonds is 4. The van der Waals surface area contributed by atoms with Crippen LogP contribution in [0.15, 0.2) is 47.3 Å². The third-order valence-electron chi connectivity index (χ3n) is 3.12. The van der Waals surface area contributed by atoms with Crippen molar-refractivity contribution in [2.75, 3.05) is 0 Å². The van der Waals surface area contributed by atoms with Crippen LogP contribution < -0.4 is 11.3 Å². The van der Waals surface area contributed by atoms with E-state index in [9.17, 15) is 4.79 Å². The molecule has 0 amide bonds. The highest BCUT2D eigenvalue weighted by Gasteiger charge is 2.08. The van der Waals surface area contributed by atoms with E-state index in [1.807, 2.05) is 31.2 Å². The average Bonchev–Trinajstić information content (AvgIpc) is 2.39. The molecule has 1 aromatic carbocycles. The maximum Gasteiger partial charge on any atom is 0.260 e. The van der Waals surface area contributed by atoms with E-state index >= 15 is 0 Å². The van der Waals surface area contributed by atoms with Crippen LogP contribution in [-0.4, -0.2) is 9.56 Å². The summed E-state index contributed by atoms with van der Waals surface area (Å²) in [7, 11) is 0. The first-order valence-corrected chi connectivity index (χ1v) is 6.54. The molecule has 0 aliphatic heterocycles. The first kappa shape index (κ1) is 13.5. The standard InChI is InChI=1S/C15H16N2OS/c1-11-7-8-13(14(16)19)15(18)17(11)10-9-12-5-3-2-4-6-12/h2-8H,9-10H2,1H3,(H2,16,19). The van der Waals surface area contributed by atoms with Gasteiger partial charge >= 0.3 is 0 Å². The van der Waals surface area contributed by atoms with Gasteiger partial charge in [0.15, 0.2) is 0 Å². The molecule has 2 rings (SSSR count). The summed E-state index contributed by atoms with van der Waals surface area (Å²) in [6, 6.07) is 13.6. The van der Waals surface area contributed by atoms with Crippen LogP contribution in [-0.2, 0) is 13.0 Å². The number of benzene rings is 1. The normalized spacial score (nSPS) is 10.4. The SMILES string of the molecule is Cc1ccc(C(N)=S)c(=O)n1CCc1ccccc1. The Bertz CT molecular complexity index is 647. The molecule has 2 N–H and O–H groups in total. The molecule has 0 spiro atoms. The van der Waals surface area contributed by atoms with Gasteiger partial charge in [0.05, 0.1) is 5.56 Å². The van der Waals surface area contributed by atoms with Gasteiger partial charge < -0.3 is 10.3 Å². The number of hydrogen-bond acceptors (Lipinski definition) is 2. The van der Waals surface area contributed by atoms with Crippen molar-refractivity contribution in [2.45, 2.75) is 19.9 Å². The fourth-order valence-electron chi connectivity index (χ4n) is 2.02. The molecular formula is C15H16N2OS. The molecule has 0 radical (unpaired) electrons. The highest BCUT2D eigenvalue weighted by Crippen LogP contribution is 2.04. The van der Waals surface area contributed by atoms with Crippen molar-refractivity contribution in [1.29, 1.82) is 0 Å². The lowest BCUT2D eigenvalue weighted by atomic mass is 10.1. The third-order valence-corrected chi connectivity index (χ3v) is 3.34. The maximum atomic E-state index is 12.2. The monoisotopic (exact) mass is 272 g/mol. The lowest BCUT2D eigenvalue weighted by Crippen LogP contribution is -2.30. The van der Waals surface area contributed by atoms with E-state index in [2.05, 4.69) is 12.1 Å². The quantitative estimate of drug-likeness (QED) is 0.866. The van der Waals surface area contributed by atoms with E-state index < -0.39 is 0 Å². The molecular weight excluding hydrogens is 256 g/mol. The van der Waals surface area contributed by atoms with Crippen molar-refractivity contribution in [3.05, 3.63) is 69.6 Å². The molecule has 0 saturated carbocycles. The Morgan fingerprint density at radius 2 is 1.89 bits per heavy atom. The summed E-state index contributed by atoms with van der Waals surface area (Å²) in [5.41, 5.74) is 7.98. The third kappa shape index (κ3) is 3.09. The highest BCUT2D eigenvalue weighted by atomic mass is 32.1. The maximum absolute atomic E-state index is 12.2. The largest absolute Gasteiger partial charge is 0.389 e. The van der Waals surface area contributed by atoms with Gasteiger partial charge in [-0.3, -0.25) is 4.79 Å². The first-order valence-electron chi connectivity index (χ1n) is 6.14. The zero-order valence-electron chi connectivity index (χ0n) is 10.8. The number of aryl methyl sites for hydroxylation is 2. The second-order valence-corrected chi connectivity index (χ2v) is 4.88. The van der Waals surface area contributed by atoms with E-state index in [0.717, 1.165) is 12.1 Å². The lowest BCUT2D eigenvalue weighted by molar-refractivity contribution is 0.648. The van der Waals surface area contributed by atoms with Gasteiger partial charge in [-0.1, -0.05) is 42.5 Å². The van der Waals surface area contributed by atoms with Crippen LogP contribution in [0.1, 0.15) is 16.8 Å². The van der Waals surface area contributed by atoms with Gasteiger partial charge in [-0.15, -0.1) is 0 Å². The van der Waals surface area contributed by atoms with Gasteiger partial charge in [0.2, 0.25) is 0 Å². The second-order valence-electron chi connectivity index (χ2n) is 4.45. The van der Waals surface area contributed by atoms with Gasteiger partial charge in [0.25, 0.3) is 5.56 Å². The summed E-state index contributed by atoms with van der Waals surface area (Å²) in [5, 5.41) is 0. The van der Waals surface area contributed by atoms with Gasteiger partial charge in [-0.2, -0.15) is 0 Å². The number of pyridine rings is 1. The molecule has 0 aliphatic carbocycles. The van der Waals surface area contributed by atoms with E-state index in [1.54, 1.807) is 10.6 Å². The molecule has 0 atom stereocenters. The van der Waals surface area contributed by atoms with Crippen molar-refractivity contribution in [1.82, 2.24) is 4.57 Å². The minimum Gasteiger partial charge on any atom is -0.389 e. The summed E-state index contributed by atoms with van der Waals surface area (Å²) < 4.78 is 1.72. The van der Waals surface area contributed by atoms with E-state index in [1.165, 1.54) is 5.56 Å². The summed E-state index contributed by atoms with van der Waals surface area (Å²) >= 11 is 4.89. The van der Waals surface area contributed by atoms with Crippen molar-refractivity contribution < 1.29 is 0 Å². The fraction of sp³-hybridized carbons (Fsp3) is 0.200. The van der Waals surface area contributed by atoms with Crippen molar-refractivity contribution in [2.24, 2.45) is 5.73 Å². The zero-order valence-corrected chi connectivity index (χ0v) is 11.6. The number of thiocarbonyl (C=S) groups is 1. The summed E-state index contributed by atoms with van der Waals surface area (Å²) in [4.78, 5) is 12.4. The number of nitrogens with two attached hydrogens (primary N) is 1. The molecule has 2 aromatic rings. The Morgan fingerprint density at radius 3 is 2.53 bits per heavy atom. The minimum atomic E-state index is -0.108. The van der Waals surface area contributed by atoms with Crippen LogP contribution in [0.5, 0.6) is 0 Å². The second kappa shape index (κ2) is 5.80. The first-order chi connectivity index (χ1) is 9.09.